The Labute approximate surface area is 303 Å². The zero-order valence-electron chi connectivity index (χ0n) is 27.9. The molecular weight excluding hydrogens is 655 g/mol. The van der Waals surface area contributed by atoms with Crippen molar-refractivity contribution in [2.75, 3.05) is 4.90 Å². The summed E-state index contributed by atoms with van der Waals surface area (Å²) >= 11 is 1.86. The molecule has 8 aromatic carbocycles. The molecule has 244 valence electrons. The van der Waals surface area contributed by atoms with Crippen molar-refractivity contribution in [3.8, 4) is 22.3 Å². The maximum absolute atomic E-state index is 6.44. The van der Waals surface area contributed by atoms with E-state index in [0.29, 0.717) is 0 Å². The van der Waals surface area contributed by atoms with Gasteiger partial charge in [-0.1, -0.05) is 103 Å². The molecule has 3 heterocycles. The lowest BCUT2D eigenvalue weighted by Crippen LogP contribution is -2.10. The van der Waals surface area contributed by atoms with Gasteiger partial charge in [0.15, 0.2) is 0 Å². The van der Waals surface area contributed by atoms with Gasteiger partial charge in [-0.15, -0.1) is 11.3 Å². The first kappa shape index (κ1) is 29.1. The van der Waals surface area contributed by atoms with Gasteiger partial charge in [-0.2, -0.15) is 0 Å². The molecule has 0 saturated heterocycles. The maximum Gasteiger partial charge on any atom is 0.137 e. The van der Waals surface area contributed by atoms with Gasteiger partial charge in [-0.3, -0.25) is 0 Å². The van der Waals surface area contributed by atoms with Gasteiger partial charge in [-0.05, 0) is 82.9 Å². The predicted octanol–water partition coefficient (Wildman–Crippen LogP) is 14.7. The minimum Gasteiger partial charge on any atom is -0.456 e. The van der Waals surface area contributed by atoms with Crippen LogP contribution in [0.25, 0.3) is 86.3 Å². The standard InChI is InChI=1S/C48H29NO2S/c1-2-11-30(12-3-1)31-25-32(36-16-10-17-42-41-15-6-9-20-47(41)52-48(36)42)27-35(26-31)49(33-21-23-39-37-13-4-7-18-43(37)50-45(39)28-33)34-22-24-40-38-14-5-8-19-44(38)51-46(40)29-34/h1-29H. The third-order valence-corrected chi connectivity index (χ3v) is 11.5. The second kappa shape index (κ2) is 11.5. The van der Waals surface area contributed by atoms with Gasteiger partial charge in [0.1, 0.15) is 22.3 Å². The van der Waals surface area contributed by atoms with Crippen LogP contribution in [0.3, 0.4) is 0 Å². The Kier molecular flexibility index (Phi) is 6.42. The minimum atomic E-state index is 0.850. The zero-order valence-corrected chi connectivity index (χ0v) is 28.7. The van der Waals surface area contributed by atoms with Crippen LogP contribution in [0.5, 0.6) is 0 Å². The van der Waals surface area contributed by atoms with Gasteiger partial charge in [-0.25, -0.2) is 0 Å². The summed E-state index contributed by atoms with van der Waals surface area (Å²) in [4.78, 5) is 2.33. The summed E-state index contributed by atoms with van der Waals surface area (Å²) in [6.07, 6.45) is 0. The van der Waals surface area contributed by atoms with E-state index in [-0.39, 0.29) is 0 Å². The van der Waals surface area contributed by atoms with E-state index in [1.165, 1.54) is 25.7 Å². The lowest BCUT2D eigenvalue weighted by Gasteiger charge is -2.27. The average Bonchev–Trinajstić information content (AvgIpc) is 3.89. The highest BCUT2D eigenvalue weighted by molar-refractivity contribution is 7.26. The third kappa shape index (κ3) is 4.58. The van der Waals surface area contributed by atoms with E-state index < -0.39 is 0 Å². The fourth-order valence-corrected chi connectivity index (χ4v) is 9.06. The smallest absolute Gasteiger partial charge is 0.137 e. The quantitative estimate of drug-likeness (QED) is 0.181. The molecule has 3 aromatic heterocycles. The van der Waals surface area contributed by atoms with Gasteiger partial charge in [0, 0.05) is 70.9 Å². The van der Waals surface area contributed by atoms with Crippen molar-refractivity contribution in [1.29, 1.82) is 0 Å². The van der Waals surface area contributed by atoms with Crippen molar-refractivity contribution < 1.29 is 8.83 Å². The van der Waals surface area contributed by atoms with Crippen molar-refractivity contribution in [3.63, 3.8) is 0 Å². The number of hydrogen-bond acceptors (Lipinski definition) is 4. The highest BCUT2D eigenvalue weighted by Crippen LogP contribution is 2.45. The van der Waals surface area contributed by atoms with E-state index in [2.05, 4.69) is 157 Å². The fourth-order valence-electron chi connectivity index (χ4n) is 7.82. The molecule has 0 aliphatic heterocycles. The normalized spacial score (nSPS) is 11.8. The van der Waals surface area contributed by atoms with E-state index in [1.807, 2.05) is 35.6 Å². The molecule has 4 heteroatoms. The molecule has 0 saturated carbocycles. The molecule has 0 spiro atoms. The summed E-state index contributed by atoms with van der Waals surface area (Å²) in [6.45, 7) is 0. The topological polar surface area (TPSA) is 29.5 Å². The number of anilines is 3. The molecule has 0 atom stereocenters. The number of fused-ring (bicyclic) bond motifs is 9. The third-order valence-electron chi connectivity index (χ3n) is 10.2. The Morgan fingerprint density at radius 2 is 0.904 bits per heavy atom. The number of thiophene rings is 1. The fraction of sp³-hybridized carbons (Fsp3) is 0. The van der Waals surface area contributed by atoms with E-state index in [9.17, 15) is 0 Å². The molecule has 52 heavy (non-hydrogen) atoms. The molecule has 0 radical (unpaired) electrons. The molecule has 11 rings (SSSR count). The highest BCUT2D eigenvalue weighted by atomic mass is 32.1. The summed E-state index contributed by atoms with van der Waals surface area (Å²) in [6, 6.07) is 62.6. The van der Waals surface area contributed by atoms with Gasteiger partial charge in [0.2, 0.25) is 0 Å². The molecule has 0 fully saturated rings. The highest BCUT2D eigenvalue weighted by Gasteiger charge is 2.20. The predicted molar refractivity (Wildman–Crippen MR) is 219 cm³/mol. The van der Waals surface area contributed by atoms with E-state index in [4.69, 9.17) is 8.83 Å². The van der Waals surface area contributed by atoms with Crippen LogP contribution in [0.2, 0.25) is 0 Å². The summed E-state index contributed by atoms with van der Waals surface area (Å²) < 4.78 is 15.5. The van der Waals surface area contributed by atoms with Gasteiger partial charge >= 0.3 is 0 Å². The summed E-state index contributed by atoms with van der Waals surface area (Å²) in [7, 11) is 0. The van der Waals surface area contributed by atoms with E-state index in [0.717, 1.165) is 77.6 Å². The largest absolute Gasteiger partial charge is 0.456 e. The van der Waals surface area contributed by atoms with Crippen LogP contribution in [0.1, 0.15) is 0 Å². The van der Waals surface area contributed by atoms with Crippen LogP contribution in [0.4, 0.5) is 17.1 Å². The number of benzene rings is 8. The monoisotopic (exact) mass is 683 g/mol. The number of nitrogens with zero attached hydrogens (tertiary/aromatic N) is 1. The number of furan rings is 2. The molecule has 3 nitrogen and oxygen atoms in total. The van der Waals surface area contributed by atoms with Crippen molar-refractivity contribution in [3.05, 3.63) is 176 Å². The van der Waals surface area contributed by atoms with Crippen LogP contribution in [0.15, 0.2) is 185 Å². The van der Waals surface area contributed by atoms with Crippen LogP contribution in [-0.4, -0.2) is 0 Å². The Hall–Kier alpha value is -6.62. The van der Waals surface area contributed by atoms with E-state index in [1.54, 1.807) is 0 Å². The Morgan fingerprint density at radius 1 is 0.346 bits per heavy atom. The van der Waals surface area contributed by atoms with Gasteiger partial charge < -0.3 is 13.7 Å². The van der Waals surface area contributed by atoms with Crippen LogP contribution in [0, 0.1) is 0 Å². The first-order valence-corrected chi connectivity index (χ1v) is 18.3. The molecule has 0 bridgehead atoms. The molecule has 0 unspecified atom stereocenters. The lowest BCUT2D eigenvalue weighted by molar-refractivity contribution is 0.669. The lowest BCUT2D eigenvalue weighted by atomic mass is 9.96. The summed E-state index contributed by atoms with van der Waals surface area (Å²) in [5.74, 6) is 0. The molecular formula is C48H29NO2S. The molecule has 0 aliphatic rings. The average molecular weight is 684 g/mol. The van der Waals surface area contributed by atoms with Crippen LogP contribution in [-0.2, 0) is 0 Å². The van der Waals surface area contributed by atoms with Crippen molar-refractivity contribution in [2.45, 2.75) is 0 Å². The number of hydrogen-bond donors (Lipinski definition) is 0. The van der Waals surface area contributed by atoms with E-state index >= 15 is 0 Å². The molecule has 11 aromatic rings. The van der Waals surface area contributed by atoms with Crippen LogP contribution >= 0.6 is 11.3 Å². The van der Waals surface area contributed by atoms with Crippen LogP contribution < -0.4 is 4.90 Å². The SMILES string of the molecule is c1ccc(-c2cc(-c3cccc4c3sc3ccccc34)cc(N(c3ccc4c(c3)oc3ccccc34)c3ccc4c(c3)oc3ccccc34)c2)cc1. The maximum atomic E-state index is 6.44. The van der Waals surface area contributed by atoms with Gasteiger partial charge in [0.05, 0.1) is 0 Å². The second-order valence-electron chi connectivity index (χ2n) is 13.3. The van der Waals surface area contributed by atoms with Crippen molar-refractivity contribution in [2.24, 2.45) is 0 Å². The number of para-hydroxylation sites is 2. The number of rotatable bonds is 5. The first-order valence-electron chi connectivity index (χ1n) is 17.5. The molecule has 0 amide bonds. The summed E-state index contributed by atoms with van der Waals surface area (Å²) in [5, 5.41) is 7.01. The van der Waals surface area contributed by atoms with Crippen molar-refractivity contribution >= 4 is 92.4 Å². The second-order valence-corrected chi connectivity index (χ2v) is 14.4. The summed E-state index contributed by atoms with van der Waals surface area (Å²) in [5.41, 5.74) is 11.2. The zero-order chi connectivity index (χ0) is 34.2. The Bertz CT molecular complexity index is 3030. The Morgan fingerprint density at radius 3 is 1.60 bits per heavy atom. The minimum absolute atomic E-state index is 0.850. The molecule has 0 N–H and O–H groups in total. The Balaban J connectivity index is 1.19. The molecule has 0 aliphatic carbocycles. The van der Waals surface area contributed by atoms with Crippen molar-refractivity contribution in [1.82, 2.24) is 0 Å². The first-order chi connectivity index (χ1) is 25.7. The van der Waals surface area contributed by atoms with Gasteiger partial charge in [0.25, 0.3) is 0 Å².